The van der Waals surface area contributed by atoms with Gasteiger partial charge in [-0.05, 0) is 41.3 Å². The summed E-state index contributed by atoms with van der Waals surface area (Å²) in [5.74, 6) is 0.792. The second-order valence-corrected chi connectivity index (χ2v) is 6.52. The van der Waals surface area contributed by atoms with Crippen molar-refractivity contribution in [2.75, 3.05) is 6.54 Å². The van der Waals surface area contributed by atoms with Crippen LogP contribution in [0.4, 0.5) is 0 Å². The molecule has 4 nitrogen and oxygen atoms in total. The van der Waals surface area contributed by atoms with E-state index in [1.165, 1.54) is 6.08 Å². The van der Waals surface area contributed by atoms with Crippen LogP contribution in [0.5, 0.6) is 0 Å². The quantitative estimate of drug-likeness (QED) is 0.624. The molecule has 128 valence electrons. The Morgan fingerprint density at radius 1 is 1.28 bits per heavy atom. The van der Waals surface area contributed by atoms with Gasteiger partial charge in [0.2, 0.25) is 5.91 Å². The lowest BCUT2D eigenvalue weighted by atomic mass is 10.2. The molecule has 1 aromatic carbocycles. The minimum Gasteiger partial charge on any atom is -0.458 e. The molecule has 3 aromatic rings. The number of hydrogen-bond acceptors (Lipinski definition) is 4. The second-order valence-electron chi connectivity index (χ2n) is 5.33. The SMILES string of the molecule is O=C(/C=C/c1ccccc1Cl)NC[C@@H](O)c1ccc(-c2ccsc2)o1. The summed E-state index contributed by atoms with van der Waals surface area (Å²) >= 11 is 7.60. The average Bonchev–Trinajstić information content (AvgIpc) is 3.30. The van der Waals surface area contributed by atoms with Gasteiger partial charge in [0.15, 0.2) is 0 Å². The Kier molecular flexibility index (Phi) is 5.71. The molecule has 1 atom stereocenters. The Bertz CT molecular complexity index is 870. The highest BCUT2D eigenvalue weighted by molar-refractivity contribution is 7.08. The van der Waals surface area contributed by atoms with Gasteiger partial charge < -0.3 is 14.8 Å². The summed E-state index contributed by atoms with van der Waals surface area (Å²) in [6.45, 7) is 0.0578. The van der Waals surface area contributed by atoms with Crippen LogP contribution in [-0.4, -0.2) is 17.6 Å². The lowest BCUT2D eigenvalue weighted by molar-refractivity contribution is -0.116. The molecule has 25 heavy (non-hydrogen) atoms. The van der Waals surface area contributed by atoms with Crippen LogP contribution in [0.3, 0.4) is 0 Å². The molecule has 0 aliphatic heterocycles. The number of halogens is 1. The minimum atomic E-state index is -0.912. The Hall–Kier alpha value is -2.34. The highest BCUT2D eigenvalue weighted by atomic mass is 35.5. The van der Waals surface area contributed by atoms with Crippen LogP contribution in [0.15, 0.2) is 63.7 Å². The molecule has 3 rings (SSSR count). The zero-order valence-electron chi connectivity index (χ0n) is 13.2. The summed E-state index contributed by atoms with van der Waals surface area (Å²) < 4.78 is 5.64. The highest BCUT2D eigenvalue weighted by Crippen LogP contribution is 2.26. The first-order chi connectivity index (χ1) is 12.1. The smallest absolute Gasteiger partial charge is 0.244 e. The predicted octanol–water partition coefficient (Wildman–Crippen LogP) is 4.52. The summed E-state index contributed by atoms with van der Waals surface area (Å²) in [5.41, 5.74) is 1.72. The number of nitrogens with one attached hydrogen (secondary N) is 1. The van der Waals surface area contributed by atoms with Gasteiger partial charge in [0.1, 0.15) is 17.6 Å². The van der Waals surface area contributed by atoms with Crippen molar-refractivity contribution in [3.8, 4) is 11.3 Å². The zero-order valence-corrected chi connectivity index (χ0v) is 14.8. The first kappa shape index (κ1) is 17.5. The van der Waals surface area contributed by atoms with Gasteiger partial charge in [-0.25, -0.2) is 0 Å². The Labute approximate surface area is 154 Å². The number of carbonyl (C=O) groups is 1. The fraction of sp³-hybridized carbons (Fsp3) is 0.105. The maximum absolute atomic E-state index is 11.9. The van der Waals surface area contributed by atoms with Crippen molar-refractivity contribution in [2.24, 2.45) is 0 Å². The molecule has 0 bridgehead atoms. The lowest BCUT2D eigenvalue weighted by Gasteiger charge is -2.08. The Balaban J connectivity index is 1.54. The maximum Gasteiger partial charge on any atom is 0.244 e. The third kappa shape index (κ3) is 4.60. The molecule has 2 N–H and O–H groups in total. The van der Waals surface area contributed by atoms with Crippen molar-refractivity contribution >= 4 is 34.9 Å². The first-order valence-corrected chi connectivity index (χ1v) is 8.96. The number of furan rings is 1. The van der Waals surface area contributed by atoms with E-state index in [1.54, 1.807) is 35.6 Å². The second kappa shape index (κ2) is 8.16. The number of aliphatic hydroxyl groups is 1. The molecule has 0 radical (unpaired) electrons. The van der Waals surface area contributed by atoms with Crippen molar-refractivity contribution in [1.82, 2.24) is 5.32 Å². The summed E-state index contributed by atoms with van der Waals surface area (Å²) in [6, 6.07) is 12.7. The first-order valence-electron chi connectivity index (χ1n) is 7.64. The van der Waals surface area contributed by atoms with Gasteiger partial charge in [-0.3, -0.25) is 4.79 Å². The topological polar surface area (TPSA) is 62.5 Å². The monoisotopic (exact) mass is 373 g/mol. The van der Waals surface area contributed by atoms with Crippen molar-refractivity contribution in [2.45, 2.75) is 6.10 Å². The van der Waals surface area contributed by atoms with Gasteiger partial charge in [-0.1, -0.05) is 29.8 Å². The van der Waals surface area contributed by atoms with Gasteiger partial charge in [0.25, 0.3) is 0 Å². The van der Waals surface area contributed by atoms with Crippen molar-refractivity contribution in [3.63, 3.8) is 0 Å². The van der Waals surface area contributed by atoms with E-state index in [0.29, 0.717) is 16.5 Å². The third-order valence-electron chi connectivity index (χ3n) is 3.55. The van der Waals surface area contributed by atoms with Gasteiger partial charge in [-0.2, -0.15) is 11.3 Å². The lowest BCUT2D eigenvalue weighted by Crippen LogP contribution is -2.26. The van der Waals surface area contributed by atoms with E-state index in [1.807, 2.05) is 35.0 Å². The van der Waals surface area contributed by atoms with E-state index in [4.69, 9.17) is 16.0 Å². The van der Waals surface area contributed by atoms with E-state index >= 15 is 0 Å². The van der Waals surface area contributed by atoms with Gasteiger partial charge in [0, 0.05) is 22.0 Å². The van der Waals surface area contributed by atoms with Gasteiger partial charge >= 0.3 is 0 Å². The van der Waals surface area contributed by atoms with Crippen LogP contribution in [0.1, 0.15) is 17.4 Å². The molecule has 0 unspecified atom stereocenters. The fourth-order valence-corrected chi connectivity index (χ4v) is 3.07. The number of thiophene rings is 1. The summed E-state index contributed by atoms with van der Waals surface area (Å²) in [5, 5.41) is 17.3. The van der Waals surface area contributed by atoms with E-state index in [9.17, 15) is 9.90 Å². The average molecular weight is 374 g/mol. The zero-order chi connectivity index (χ0) is 17.6. The summed E-state index contributed by atoms with van der Waals surface area (Å²) in [4.78, 5) is 11.9. The van der Waals surface area contributed by atoms with Crippen molar-refractivity contribution in [1.29, 1.82) is 0 Å². The highest BCUT2D eigenvalue weighted by Gasteiger charge is 2.14. The molecule has 0 aliphatic carbocycles. The summed E-state index contributed by atoms with van der Waals surface area (Å²) in [7, 11) is 0. The normalized spacial score (nSPS) is 12.4. The van der Waals surface area contributed by atoms with Crippen LogP contribution in [0, 0.1) is 0 Å². The Morgan fingerprint density at radius 2 is 2.12 bits per heavy atom. The molecule has 0 saturated heterocycles. The molecule has 2 aromatic heterocycles. The number of rotatable bonds is 6. The molecule has 0 spiro atoms. The fourth-order valence-electron chi connectivity index (χ4n) is 2.22. The van der Waals surface area contributed by atoms with E-state index < -0.39 is 6.10 Å². The van der Waals surface area contributed by atoms with Crippen LogP contribution < -0.4 is 5.32 Å². The third-order valence-corrected chi connectivity index (χ3v) is 4.58. The number of aliphatic hydroxyl groups excluding tert-OH is 1. The molecular formula is C19H16ClNO3S. The maximum atomic E-state index is 11.9. The minimum absolute atomic E-state index is 0.0578. The van der Waals surface area contributed by atoms with Crippen LogP contribution >= 0.6 is 22.9 Å². The largest absolute Gasteiger partial charge is 0.458 e. The van der Waals surface area contributed by atoms with Gasteiger partial charge in [0.05, 0.1) is 6.54 Å². The van der Waals surface area contributed by atoms with E-state index in [-0.39, 0.29) is 12.5 Å². The standard InChI is InChI=1S/C19H16ClNO3S/c20-15-4-2-1-3-13(15)5-8-19(23)21-11-16(22)18-7-6-17(24-18)14-9-10-25-12-14/h1-10,12,16,22H,11H2,(H,21,23)/b8-5+/t16-/m1/s1. The number of hydrogen-bond donors (Lipinski definition) is 2. The molecular weight excluding hydrogens is 358 g/mol. The Morgan fingerprint density at radius 3 is 2.88 bits per heavy atom. The number of benzene rings is 1. The molecule has 6 heteroatoms. The van der Waals surface area contributed by atoms with Gasteiger partial charge in [-0.15, -0.1) is 0 Å². The van der Waals surface area contributed by atoms with Crippen LogP contribution in [0.2, 0.25) is 5.02 Å². The number of amides is 1. The van der Waals surface area contributed by atoms with E-state index in [2.05, 4.69) is 5.32 Å². The molecule has 2 heterocycles. The predicted molar refractivity (Wildman–Crippen MR) is 100 cm³/mol. The molecule has 0 aliphatic rings. The van der Waals surface area contributed by atoms with Crippen LogP contribution in [0.25, 0.3) is 17.4 Å². The van der Waals surface area contributed by atoms with Crippen LogP contribution in [-0.2, 0) is 4.79 Å². The molecule has 0 saturated carbocycles. The van der Waals surface area contributed by atoms with E-state index in [0.717, 1.165) is 11.1 Å². The summed E-state index contributed by atoms with van der Waals surface area (Å²) in [6.07, 6.45) is 2.10. The molecule has 0 fully saturated rings. The van der Waals surface area contributed by atoms with Crippen molar-refractivity contribution < 1.29 is 14.3 Å². The molecule has 1 amide bonds. The van der Waals surface area contributed by atoms with Crippen molar-refractivity contribution in [3.05, 3.63) is 75.6 Å². The number of carbonyl (C=O) groups excluding carboxylic acids is 1.